The van der Waals surface area contributed by atoms with E-state index in [2.05, 4.69) is 48.5 Å². The van der Waals surface area contributed by atoms with E-state index < -0.39 is 0 Å². The van der Waals surface area contributed by atoms with Crippen LogP contribution in [-0.4, -0.2) is 17.5 Å². The summed E-state index contributed by atoms with van der Waals surface area (Å²) in [7, 11) is 0. The maximum absolute atomic E-state index is 13.2. The molecule has 5 fully saturated rings. The maximum atomic E-state index is 13.2. The largest absolute Gasteiger partial charge is 0.393 e. The second kappa shape index (κ2) is 6.86. The van der Waals surface area contributed by atoms with Crippen LogP contribution in [0.4, 0.5) is 0 Å². The maximum Gasteiger partial charge on any atom is 0.126 e. The molecule has 2 heteroatoms. The highest BCUT2D eigenvalue weighted by Crippen LogP contribution is 2.78. The van der Waals surface area contributed by atoms with E-state index in [1.807, 2.05) is 0 Å². The number of hydrogen-bond donors (Lipinski definition) is 1. The number of fused-ring (bicyclic) bond motifs is 7. The van der Waals surface area contributed by atoms with Crippen LogP contribution in [-0.2, 0) is 4.79 Å². The lowest BCUT2D eigenvalue weighted by atomic mass is 9.30. The van der Waals surface area contributed by atoms with Gasteiger partial charge < -0.3 is 9.90 Å². The molecule has 0 aliphatic heterocycles. The van der Waals surface area contributed by atoms with Gasteiger partial charge in [0.1, 0.15) is 6.29 Å². The minimum absolute atomic E-state index is 0.106. The standard InChI is InChI=1S/C30H50O2/c1-20-21(32)8-9-22-27(20,5)11-10-23-28(6)15-14-26(4)13-12-25(2,3)18-24(26)29(28,7)16-17-30(22,23)19-31/h19-24,32H,8-18H2,1-7H3/t20-,21+,22+,23+,24+,26+,27+,28+,29-,30+/m0/s1. The first-order valence-corrected chi connectivity index (χ1v) is 13.9. The Kier molecular flexibility index (Phi) is 5.01. The van der Waals surface area contributed by atoms with E-state index in [9.17, 15) is 9.90 Å². The van der Waals surface area contributed by atoms with Gasteiger partial charge >= 0.3 is 0 Å². The molecular weight excluding hydrogens is 392 g/mol. The van der Waals surface area contributed by atoms with Crippen molar-refractivity contribution in [3.8, 4) is 0 Å². The highest BCUT2D eigenvalue weighted by atomic mass is 16.3. The van der Waals surface area contributed by atoms with Gasteiger partial charge in [-0.05, 0) is 121 Å². The summed E-state index contributed by atoms with van der Waals surface area (Å²) in [5.41, 5.74) is 1.46. The van der Waals surface area contributed by atoms with Crippen molar-refractivity contribution < 1.29 is 9.90 Å². The van der Waals surface area contributed by atoms with Crippen molar-refractivity contribution in [1.82, 2.24) is 0 Å². The normalized spacial score (nSPS) is 59.2. The molecule has 0 amide bonds. The van der Waals surface area contributed by atoms with Gasteiger partial charge in [0.05, 0.1) is 6.10 Å². The van der Waals surface area contributed by atoms with E-state index in [0.29, 0.717) is 34.0 Å². The van der Waals surface area contributed by atoms with Crippen LogP contribution in [0.5, 0.6) is 0 Å². The molecule has 0 bridgehead atoms. The molecule has 0 radical (unpaired) electrons. The van der Waals surface area contributed by atoms with Gasteiger partial charge in [0, 0.05) is 5.41 Å². The Balaban J connectivity index is 1.57. The Morgan fingerprint density at radius 3 is 2.03 bits per heavy atom. The number of hydrogen-bond acceptors (Lipinski definition) is 2. The first-order valence-electron chi connectivity index (χ1n) is 13.9. The minimum atomic E-state index is -0.194. The van der Waals surface area contributed by atoms with E-state index in [1.54, 1.807) is 0 Å². The predicted octanol–water partition coefficient (Wildman–Crippen LogP) is 7.43. The molecule has 0 saturated heterocycles. The van der Waals surface area contributed by atoms with Gasteiger partial charge in [0.15, 0.2) is 0 Å². The Morgan fingerprint density at radius 2 is 1.34 bits per heavy atom. The summed E-state index contributed by atoms with van der Waals surface area (Å²) in [6, 6.07) is 0. The van der Waals surface area contributed by atoms with Crippen LogP contribution in [0, 0.1) is 56.2 Å². The molecule has 5 saturated carbocycles. The molecule has 2 nitrogen and oxygen atoms in total. The monoisotopic (exact) mass is 442 g/mol. The number of rotatable bonds is 1. The summed E-state index contributed by atoms with van der Waals surface area (Å²) in [4.78, 5) is 13.2. The van der Waals surface area contributed by atoms with Gasteiger partial charge in [-0.25, -0.2) is 0 Å². The van der Waals surface area contributed by atoms with Gasteiger partial charge in [-0.1, -0.05) is 48.5 Å². The number of aldehydes is 1. The average molecular weight is 443 g/mol. The van der Waals surface area contributed by atoms with Crippen molar-refractivity contribution in [2.75, 3.05) is 0 Å². The van der Waals surface area contributed by atoms with E-state index in [1.165, 1.54) is 57.7 Å². The van der Waals surface area contributed by atoms with Crippen molar-refractivity contribution >= 4 is 6.29 Å². The summed E-state index contributed by atoms with van der Waals surface area (Å²) in [5.74, 6) is 2.04. The number of aliphatic hydroxyl groups is 1. The molecule has 5 aliphatic carbocycles. The summed E-state index contributed by atoms with van der Waals surface area (Å²) in [6.45, 7) is 17.6. The van der Waals surface area contributed by atoms with Crippen LogP contribution in [0.1, 0.15) is 119 Å². The lowest BCUT2D eigenvalue weighted by Gasteiger charge is -2.74. The molecule has 0 spiro atoms. The van der Waals surface area contributed by atoms with Crippen molar-refractivity contribution in [3.63, 3.8) is 0 Å². The lowest BCUT2D eigenvalue weighted by molar-refractivity contribution is -0.257. The van der Waals surface area contributed by atoms with Crippen LogP contribution in [0.25, 0.3) is 0 Å². The number of carbonyl (C=O) groups excluding carboxylic acids is 1. The molecule has 0 aromatic heterocycles. The highest BCUT2D eigenvalue weighted by Gasteiger charge is 2.72. The quantitative estimate of drug-likeness (QED) is 0.429. The first-order chi connectivity index (χ1) is 14.8. The first kappa shape index (κ1) is 23.4. The van der Waals surface area contributed by atoms with Crippen molar-refractivity contribution in [2.45, 2.75) is 125 Å². The number of aliphatic hydroxyl groups excluding tert-OH is 1. The van der Waals surface area contributed by atoms with E-state index in [0.717, 1.165) is 25.2 Å². The van der Waals surface area contributed by atoms with Crippen LogP contribution >= 0.6 is 0 Å². The smallest absolute Gasteiger partial charge is 0.126 e. The summed E-state index contributed by atoms with van der Waals surface area (Å²) in [5, 5.41) is 10.7. The molecular formula is C30H50O2. The Hall–Kier alpha value is -0.370. The third-order valence-electron chi connectivity index (χ3n) is 13.8. The van der Waals surface area contributed by atoms with Gasteiger partial charge in [-0.15, -0.1) is 0 Å². The van der Waals surface area contributed by atoms with Crippen molar-refractivity contribution in [2.24, 2.45) is 56.2 Å². The molecule has 0 aromatic carbocycles. The molecule has 0 unspecified atom stereocenters. The summed E-state index contributed by atoms with van der Waals surface area (Å²) >= 11 is 0. The predicted molar refractivity (Wildman–Crippen MR) is 131 cm³/mol. The molecule has 0 heterocycles. The minimum Gasteiger partial charge on any atom is -0.393 e. The van der Waals surface area contributed by atoms with E-state index in [4.69, 9.17) is 0 Å². The molecule has 0 aromatic rings. The highest BCUT2D eigenvalue weighted by molar-refractivity contribution is 5.62. The molecule has 32 heavy (non-hydrogen) atoms. The fourth-order valence-electron chi connectivity index (χ4n) is 11.1. The Labute approximate surface area is 197 Å². The fourth-order valence-corrected chi connectivity index (χ4v) is 11.1. The van der Waals surface area contributed by atoms with Gasteiger partial charge in [0.25, 0.3) is 0 Å². The third-order valence-corrected chi connectivity index (χ3v) is 13.8. The molecule has 1 N–H and O–H groups in total. The SMILES string of the molecule is C[C@H]1[C@H](O)CC[C@@H]2[C@]1(C)CC[C@H]1[C@@]2(C=O)CC[C@@]2(C)[C@@H]3CC(C)(C)CC[C@]3(C)CC[C@]12C. The number of carbonyl (C=O) groups is 1. The molecule has 182 valence electrons. The zero-order chi connectivity index (χ0) is 23.4. The Bertz CT molecular complexity index is 788. The molecule has 5 aliphatic rings. The van der Waals surface area contributed by atoms with Gasteiger partial charge in [-0.2, -0.15) is 0 Å². The summed E-state index contributed by atoms with van der Waals surface area (Å²) < 4.78 is 0. The lowest BCUT2D eigenvalue weighted by Crippen LogP contribution is -2.69. The van der Waals surface area contributed by atoms with Crippen molar-refractivity contribution in [1.29, 1.82) is 0 Å². The van der Waals surface area contributed by atoms with E-state index >= 15 is 0 Å². The van der Waals surface area contributed by atoms with Crippen molar-refractivity contribution in [3.05, 3.63) is 0 Å². The summed E-state index contributed by atoms with van der Waals surface area (Å²) in [6.07, 6.45) is 14.6. The van der Waals surface area contributed by atoms with E-state index in [-0.39, 0.29) is 22.3 Å². The Morgan fingerprint density at radius 1 is 0.719 bits per heavy atom. The second-order valence-corrected chi connectivity index (χ2v) is 15.2. The van der Waals surface area contributed by atoms with Gasteiger partial charge in [0.2, 0.25) is 0 Å². The van der Waals surface area contributed by atoms with Crippen LogP contribution in [0.15, 0.2) is 0 Å². The zero-order valence-electron chi connectivity index (χ0n) is 22.1. The average Bonchev–Trinajstić information content (AvgIpc) is 2.74. The van der Waals surface area contributed by atoms with Gasteiger partial charge in [-0.3, -0.25) is 0 Å². The second-order valence-electron chi connectivity index (χ2n) is 15.2. The molecule has 10 atom stereocenters. The fraction of sp³-hybridized carbons (Fsp3) is 0.967. The van der Waals surface area contributed by atoms with Crippen LogP contribution in [0.2, 0.25) is 0 Å². The third kappa shape index (κ3) is 2.71. The topological polar surface area (TPSA) is 37.3 Å². The molecule has 5 rings (SSSR count). The van der Waals surface area contributed by atoms with Crippen LogP contribution < -0.4 is 0 Å². The zero-order valence-corrected chi connectivity index (χ0v) is 22.1. The van der Waals surface area contributed by atoms with Crippen LogP contribution in [0.3, 0.4) is 0 Å².